The van der Waals surface area contributed by atoms with Gasteiger partial charge in [-0.15, -0.1) is 0 Å². The molecule has 1 unspecified atom stereocenters. The first-order valence-electron chi connectivity index (χ1n) is 8.07. The summed E-state index contributed by atoms with van der Waals surface area (Å²) in [7, 11) is 0. The summed E-state index contributed by atoms with van der Waals surface area (Å²) < 4.78 is 0. The molecule has 1 aromatic heterocycles. The van der Waals surface area contributed by atoms with Gasteiger partial charge in [-0.1, -0.05) is 54.6 Å². The van der Waals surface area contributed by atoms with Gasteiger partial charge in [0.1, 0.15) is 5.82 Å². The van der Waals surface area contributed by atoms with Gasteiger partial charge in [0.25, 0.3) is 5.91 Å². The number of nitrogens with one attached hydrogen (secondary N) is 1. The van der Waals surface area contributed by atoms with Crippen LogP contribution in [0.1, 0.15) is 12.2 Å². The number of rotatable bonds is 4. The van der Waals surface area contributed by atoms with Crippen LogP contribution in [0.5, 0.6) is 0 Å². The number of aromatic amines is 1. The fraction of sp³-hybridized carbons (Fsp3) is 0.150. The zero-order valence-electron chi connectivity index (χ0n) is 13.1. The molecule has 1 amide bonds. The number of aliphatic imine (C=N–C) groups is 1. The number of imidazole rings is 1. The number of fused-ring (bicyclic) bond motifs is 1. The third-order valence-electron chi connectivity index (χ3n) is 4.25. The summed E-state index contributed by atoms with van der Waals surface area (Å²) in [5.41, 5.74) is 3.97. The second-order valence-electron chi connectivity index (χ2n) is 5.92. The topological polar surface area (TPSA) is 58.1 Å². The van der Waals surface area contributed by atoms with Crippen LogP contribution in [0.4, 0.5) is 0 Å². The Morgan fingerprint density at radius 1 is 1.08 bits per heavy atom. The minimum atomic E-state index is -0.202. The minimum absolute atomic E-state index is 0.0764. The molecule has 24 heavy (non-hydrogen) atoms. The van der Waals surface area contributed by atoms with Crippen LogP contribution < -0.4 is 0 Å². The van der Waals surface area contributed by atoms with E-state index in [1.807, 2.05) is 54.8 Å². The van der Waals surface area contributed by atoms with Crippen molar-refractivity contribution < 1.29 is 4.79 Å². The van der Waals surface area contributed by atoms with Crippen LogP contribution in [-0.4, -0.2) is 21.6 Å². The van der Waals surface area contributed by atoms with Crippen molar-refractivity contribution in [1.82, 2.24) is 9.97 Å². The molecule has 0 saturated heterocycles. The van der Waals surface area contributed by atoms with Crippen LogP contribution in [0.3, 0.4) is 0 Å². The predicted octanol–water partition coefficient (Wildman–Crippen LogP) is 3.66. The van der Waals surface area contributed by atoms with Crippen LogP contribution in [0.25, 0.3) is 11.3 Å². The number of nitrogens with zero attached hydrogens (tertiary/aromatic N) is 2. The molecule has 4 heteroatoms. The van der Waals surface area contributed by atoms with Gasteiger partial charge >= 0.3 is 0 Å². The monoisotopic (exact) mass is 315 g/mol. The molecule has 1 aliphatic heterocycles. The molecule has 0 saturated carbocycles. The minimum Gasteiger partial charge on any atom is -0.342 e. The molecule has 118 valence electrons. The molecule has 1 aromatic carbocycles. The fourth-order valence-corrected chi connectivity index (χ4v) is 2.98. The smallest absolute Gasteiger partial charge is 0.257 e. The SMILES string of the molecule is O=C1N=C(CCc2ncc(-c3ccccc3)[nH]2)C=C2C=CC=CC12. The van der Waals surface area contributed by atoms with Gasteiger partial charge in [0.2, 0.25) is 0 Å². The van der Waals surface area contributed by atoms with E-state index in [-0.39, 0.29) is 11.8 Å². The zero-order chi connectivity index (χ0) is 16.4. The highest BCUT2D eigenvalue weighted by Crippen LogP contribution is 2.25. The Bertz CT molecular complexity index is 885. The Hall–Kier alpha value is -3.01. The summed E-state index contributed by atoms with van der Waals surface area (Å²) in [6.45, 7) is 0. The quantitative estimate of drug-likeness (QED) is 0.936. The van der Waals surface area contributed by atoms with Crippen molar-refractivity contribution in [3.8, 4) is 11.3 Å². The van der Waals surface area contributed by atoms with E-state index in [0.717, 1.165) is 34.8 Å². The normalized spacial score (nSPS) is 19.0. The average Bonchev–Trinajstić information content (AvgIpc) is 3.10. The summed E-state index contributed by atoms with van der Waals surface area (Å²) in [6, 6.07) is 10.1. The van der Waals surface area contributed by atoms with Gasteiger partial charge in [-0.25, -0.2) is 9.98 Å². The summed E-state index contributed by atoms with van der Waals surface area (Å²) in [6.07, 6.45) is 13.0. The first-order chi connectivity index (χ1) is 11.8. The number of hydrogen-bond donors (Lipinski definition) is 1. The van der Waals surface area contributed by atoms with Crippen molar-refractivity contribution in [2.24, 2.45) is 10.9 Å². The number of aromatic nitrogens is 2. The van der Waals surface area contributed by atoms with E-state index in [4.69, 9.17) is 0 Å². The lowest BCUT2D eigenvalue weighted by Gasteiger charge is -2.18. The van der Waals surface area contributed by atoms with Crippen molar-refractivity contribution in [2.75, 3.05) is 0 Å². The van der Waals surface area contributed by atoms with Gasteiger partial charge < -0.3 is 4.98 Å². The molecule has 1 atom stereocenters. The number of carbonyl (C=O) groups excluding carboxylic acids is 1. The van der Waals surface area contributed by atoms with Gasteiger partial charge in [-0.2, -0.15) is 0 Å². The number of dihydropyridines is 1. The summed E-state index contributed by atoms with van der Waals surface area (Å²) >= 11 is 0. The summed E-state index contributed by atoms with van der Waals surface area (Å²) in [5.74, 6) is 0.628. The Kier molecular flexibility index (Phi) is 3.79. The molecule has 0 fully saturated rings. The van der Waals surface area contributed by atoms with E-state index in [0.29, 0.717) is 6.42 Å². The molecule has 1 N–H and O–H groups in total. The van der Waals surface area contributed by atoms with Crippen LogP contribution >= 0.6 is 0 Å². The maximum absolute atomic E-state index is 12.1. The van der Waals surface area contributed by atoms with E-state index < -0.39 is 0 Å². The van der Waals surface area contributed by atoms with Crippen molar-refractivity contribution in [1.29, 1.82) is 0 Å². The van der Waals surface area contributed by atoms with Gasteiger partial charge in [-0.3, -0.25) is 4.79 Å². The molecule has 0 radical (unpaired) electrons. The van der Waals surface area contributed by atoms with E-state index in [1.54, 1.807) is 0 Å². The molecule has 2 aromatic rings. The maximum atomic E-state index is 12.1. The molecule has 0 spiro atoms. The maximum Gasteiger partial charge on any atom is 0.257 e. The van der Waals surface area contributed by atoms with Crippen LogP contribution in [0, 0.1) is 5.92 Å². The lowest BCUT2D eigenvalue weighted by atomic mass is 9.90. The number of carbonyl (C=O) groups is 1. The number of allylic oxidation sites excluding steroid dienone is 4. The first kappa shape index (κ1) is 14.6. The molecule has 4 rings (SSSR count). The van der Waals surface area contributed by atoms with E-state index in [1.165, 1.54) is 0 Å². The predicted molar refractivity (Wildman–Crippen MR) is 94.6 cm³/mol. The largest absolute Gasteiger partial charge is 0.342 e. The van der Waals surface area contributed by atoms with E-state index in [9.17, 15) is 4.79 Å². The Morgan fingerprint density at radius 3 is 2.83 bits per heavy atom. The molecule has 2 aliphatic rings. The van der Waals surface area contributed by atoms with Crippen molar-refractivity contribution >= 4 is 11.6 Å². The third-order valence-corrected chi connectivity index (χ3v) is 4.25. The second kappa shape index (κ2) is 6.24. The van der Waals surface area contributed by atoms with Crippen LogP contribution in [0.2, 0.25) is 0 Å². The van der Waals surface area contributed by atoms with Crippen molar-refractivity contribution in [2.45, 2.75) is 12.8 Å². The number of amides is 1. The number of hydrogen-bond acceptors (Lipinski definition) is 2. The summed E-state index contributed by atoms with van der Waals surface area (Å²) in [5, 5.41) is 0. The highest BCUT2D eigenvalue weighted by Gasteiger charge is 2.24. The van der Waals surface area contributed by atoms with Crippen molar-refractivity contribution in [3.05, 3.63) is 78.3 Å². The number of H-pyrrole nitrogens is 1. The van der Waals surface area contributed by atoms with Gasteiger partial charge in [0, 0.05) is 12.1 Å². The lowest BCUT2D eigenvalue weighted by Crippen LogP contribution is -2.20. The first-order valence-corrected chi connectivity index (χ1v) is 8.07. The fourth-order valence-electron chi connectivity index (χ4n) is 2.98. The lowest BCUT2D eigenvalue weighted by molar-refractivity contribution is -0.119. The second-order valence-corrected chi connectivity index (χ2v) is 5.92. The standard InChI is InChI=1S/C20H17N3O/c24-20-17-9-5-4-8-15(17)12-16(22-20)10-11-19-21-13-18(23-19)14-6-2-1-3-7-14/h1-9,12-13,17H,10-11H2,(H,21,23). The molecule has 1 aliphatic carbocycles. The molecule has 4 nitrogen and oxygen atoms in total. The number of aryl methyl sites for hydroxylation is 1. The van der Waals surface area contributed by atoms with Gasteiger partial charge in [0.15, 0.2) is 0 Å². The highest BCUT2D eigenvalue weighted by molar-refractivity contribution is 6.08. The van der Waals surface area contributed by atoms with E-state index >= 15 is 0 Å². The zero-order valence-corrected chi connectivity index (χ0v) is 13.1. The van der Waals surface area contributed by atoms with E-state index in [2.05, 4.69) is 27.1 Å². The van der Waals surface area contributed by atoms with Crippen LogP contribution in [-0.2, 0) is 11.2 Å². The van der Waals surface area contributed by atoms with Gasteiger partial charge in [-0.05, 0) is 23.6 Å². The molecular formula is C20H17N3O. The Labute approximate surface area is 140 Å². The Morgan fingerprint density at radius 2 is 1.96 bits per heavy atom. The number of benzene rings is 1. The third kappa shape index (κ3) is 2.91. The van der Waals surface area contributed by atoms with Crippen LogP contribution in [0.15, 0.2) is 77.5 Å². The molecule has 2 heterocycles. The average molecular weight is 315 g/mol. The van der Waals surface area contributed by atoms with Crippen molar-refractivity contribution in [3.63, 3.8) is 0 Å². The molecule has 0 bridgehead atoms. The highest BCUT2D eigenvalue weighted by atomic mass is 16.1. The summed E-state index contributed by atoms with van der Waals surface area (Å²) in [4.78, 5) is 24.1. The molecular weight excluding hydrogens is 298 g/mol. The van der Waals surface area contributed by atoms with Gasteiger partial charge in [0.05, 0.1) is 17.8 Å². The Balaban J connectivity index is 1.45.